The van der Waals surface area contributed by atoms with E-state index in [0.717, 1.165) is 18.9 Å². The lowest BCUT2D eigenvalue weighted by Gasteiger charge is -2.29. The third-order valence-corrected chi connectivity index (χ3v) is 2.85. The summed E-state index contributed by atoms with van der Waals surface area (Å²) in [6.45, 7) is 3.62. The standard InChI is InChI=1S/C10H21NO/c1-9-5-2-3-6-10(9)11-7-4-8-12/h9-12H,2-8H2,1H3. The van der Waals surface area contributed by atoms with E-state index in [1.54, 1.807) is 0 Å². The molecule has 0 aromatic rings. The fourth-order valence-electron chi connectivity index (χ4n) is 1.99. The molecule has 72 valence electrons. The fourth-order valence-corrected chi connectivity index (χ4v) is 1.99. The van der Waals surface area contributed by atoms with E-state index in [0.29, 0.717) is 12.6 Å². The SMILES string of the molecule is CC1CCCCC1NCCCO. The maximum atomic E-state index is 8.62. The molecule has 1 aliphatic rings. The van der Waals surface area contributed by atoms with Crippen molar-refractivity contribution >= 4 is 0 Å². The molecule has 1 saturated carbocycles. The van der Waals surface area contributed by atoms with E-state index in [2.05, 4.69) is 12.2 Å². The van der Waals surface area contributed by atoms with Gasteiger partial charge in [0.25, 0.3) is 0 Å². The van der Waals surface area contributed by atoms with Crippen molar-refractivity contribution in [3.8, 4) is 0 Å². The normalized spacial score (nSPS) is 30.5. The minimum atomic E-state index is 0.314. The highest BCUT2D eigenvalue weighted by Crippen LogP contribution is 2.23. The zero-order valence-electron chi connectivity index (χ0n) is 8.05. The molecule has 0 aromatic carbocycles. The number of hydrogen-bond acceptors (Lipinski definition) is 2. The Morgan fingerprint density at radius 3 is 2.75 bits per heavy atom. The van der Waals surface area contributed by atoms with E-state index in [4.69, 9.17) is 5.11 Å². The molecule has 0 radical (unpaired) electrons. The molecule has 2 heteroatoms. The summed E-state index contributed by atoms with van der Waals surface area (Å²) in [6.07, 6.45) is 6.37. The molecule has 1 rings (SSSR count). The molecule has 0 bridgehead atoms. The molecule has 0 aliphatic heterocycles. The van der Waals surface area contributed by atoms with Crippen LogP contribution in [0.25, 0.3) is 0 Å². The third-order valence-electron chi connectivity index (χ3n) is 2.85. The van der Waals surface area contributed by atoms with Crippen LogP contribution in [-0.4, -0.2) is 24.3 Å². The van der Waals surface area contributed by atoms with Crippen LogP contribution in [0.2, 0.25) is 0 Å². The van der Waals surface area contributed by atoms with Crippen LogP contribution in [0.1, 0.15) is 39.0 Å². The van der Waals surface area contributed by atoms with Gasteiger partial charge in [0.1, 0.15) is 0 Å². The van der Waals surface area contributed by atoms with Crippen LogP contribution in [0.15, 0.2) is 0 Å². The Kier molecular flexibility index (Phi) is 4.62. The van der Waals surface area contributed by atoms with E-state index in [-0.39, 0.29) is 0 Å². The van der Waals surface area contributed by atoms with E-state index >= 15 is 0 Å². The highest BCUT2D eigenvalue weighted by Gasteiger charge is 2.19. The van der Waals surface area contributed by atoms with Crippen molar-refractivity contribution in [1.82, 2.24) is 5.32 Å². The van der Waals surface area contributed by atoms with Crippen molar-refractivity contribution < 1.29 is 5.11 Å². The molecule has 2 atom stereocenters. The second-order valence-corrected chi connectivity index (χ2v) is 3.90. The van der Waals surface area contributed by atoms with Gasteiger partial charge < -0.3 is 10.4 Å². The van der Waals surface area contributed by atoms with Gasteiger partial charge in [-0.05, 0) is 31.7 Å². The summed E-state index contributed by atoms with van der Waals surface area (Å²) in [5, 5.41) is 12.1. The number of hydrogen-bond donors (Lipinski definition) is 2. The van der Waals surface area contributed by atoms with E-state index in [9.17, 15) is 0 Å². The highest BCUT2D eigenvalue weighted by atomic mass is 16.3. The average Bonchev–Trinajstić information content (AvgIpc) is 2.09. The molecule has 0 saturated heterocycles. The first-order chi connectivity index (χ1) is 5.84. The van der Waals surface area contributed by atoms with Gasteiger partial charge in [-0.15, -0.1) is 0 Å². The molecule has 1 fully saturated rings. The summed E-state index contributed by atoms with van der Waals surface area (Å²) in [5.74, 6) is 0.831. The van der Waals surface area contributed by atoms with Gasteiger partial charge in [0.05, 0.1) is 0 Å². The van der Waals surface area contributed by atoms with Crippen molar-refractivity contribution in [2.45, 2.75) is 45.1 Å². The first-order valence-electron chi connectivity index (χ1n) is 5.19. The van der Waals surface area contributed by atoms with Gasteiger partial charge in [-0.1, -0.05) is 19.8 Å². The number of aliphatic hydroxyl groups is 1. The monoisotopic (exact) mass is 171 g/mol. The predicted octanol–water partition coefficient (Wildman–Crippen LogP) is 1.54. The Hall–Kier alpha value is -0.0800. The van der Waals surface area contributed by atoms with Gasteiger partial charge in [0, 0.05) is 12.6 Å². The maximum absolute atomic E-state index is 8.62. The van der Waals surface area contributed by atoms with Gasteiger partial charge >= 0.3 is 0 Å². The highest BCUT2D eigenvalue weighted by molar-refractivity contribution is 4.77. The van der Waals surface area contributed by atoms with Gasteiger partial charge in [0.2, 0.25) is 0 Å². The summed E-state index contributed by atoms with van der Waals surface area (Å²) < 4.78 is 0. The van der Waals surface area contributed by atoms with E-state index in [1.807, 2.05) is 0 Å². The predicted molar refractivity (Wildman–Crippen MR) is 51.1 cm³/mol. The summed E-state index contributed by atoms with van der Waals surface area (Å²) in [6, 6.07) is 0.713. The lowest BCUT2D eigenvalue weighted by atomic mass is 9.86. The van der Waals surface area contributed by atoms with Crippen molar-refractivity contribution in [3.05, 3.63) is 0 Å². The molecule has 0 heterocycles. The smallest absolute Gasteiger partial charge is 0.0443 e. The largest absolute Gasteiger partial charge is 0.396 e. The second kappa shape index (κ2) is 5.55. The van der Waals surface area contributed by atoms with Gasteiger partial charge in [-0.3, -0.25) is 0 Å². The van der Waals surface area contributed by atoms with Gasteiger partial charge in [0.15, 0.2) is 0 Å². The summed E-state index contributed by atoms with van der Waals surface area (Å²) >= 11 is 0. The fraction of sp³-hybridized carbons (Fsp3) is 1.00. The summed E-state index contributed by atoms with van der Waals surface area (Å²) in [4.78, 5) is 0. The van der Waals surface area contributed by atoms with Crippen LogP contribution in [0.3, 0.4) is 0 Å². The first-order valence-corrected chi connectivity index (χ1v) is 5.19. The van der Waals surface area contributed by atoms with Crippen LogP contribution >= 0.6 is 0 Å². The molecular weight excluding hydrogens is 150 g/mol. The Bertz CT molecular complexity index is 116. The van der Waals surface area contributed by atoms with E-state index in [1.165, 1.54) is 25.7 Å². The number of aliphatic hydroxyl groups excluding tert-OH is 1. The maximum Gasteiger partial charge on any atom is 0.0443 e. The van der Waals surface area contributed by atoms with Crippen molar-refractivity contribution in [2.75, 3.05) is 13.2 Å². The number of rotatable bonds is 4. The molecule has 1 aliphatic carbocycles. The molecule has 0 amide bonds. The van der Waals surface area contributed by atoms with Crippen LogP contribution in [0.4, 0.5) is 0 Å². The Morgan fingerprint density at radius 2 is 2.08 bits per heavy atom. The lowest BCUT2D eigenvalue weighted by molar-refractivity contribution is 0.255. The van der Waals surface area contributed by atoms with Crippen molar-refractivity contribution in [3.63, 3.8) is 0 Å². The van der Waals surface area contributed by atoms with Crippen LogP contribution in [-0.2, 0) is 0 Å². The van der Waals surface area contributed by atoms with Crippen LogP contribution in [0, 0.1) is 5.92 Å². The Morgan fingerprint density at radius 1 is 1.33 bits per heavy atom. The molecular formula is C10H21NO. The number of nitrogens with one attached hydrogen (secondary N) is 1. The lowest BCUT2D eigenvalue weighted by Crippen LogP contribution is -2.37. The molecule has 2 unspecified atom stereocenters. The topological polar surface area (TPSA) is 32.3 Å². The van der Waals surface area contributed by atoms with Crippen LogP contribution < -0.4 is 5.32 Å². The summed E-state index contributed by atoms with van der Waals surface area (Å²) in [5.41, 5.74) is 0. The summed E-state index contributed by atoms with van der Waals surface area (Å²) in [7, 11) is 0. The zero-order chi connectivity index (χ0) is 8.81. The van der Waals surface area contributed by atoms with Gasteiger partial charge in [-0.2, -0.15) is 0 Å². The Balaban J connectivity index is 2.11. The minimum Gasteiger partial charge on any atom is -0.396 e. The molecule has 2 nitrogen and oxygen atoms in total. The molecule has 0 spiro atoms. The molecule has 12 heavy (non-hydrogen) atoms. The van der Waals surface area contributed by atoms with Crippen molar-refractivity contribution in [2.24, 2.45) is 5.92 Å². The second-order valence-electron chi connectivity index (χ2n) is 3.90. The average molecular weight is 171 g/mol. The van der Waals surface area contributed by atoms with Gasteiger partial charge in [-0.25, -0.2) is 0 Å². The van der Waals surface area contributed by atoms with Crippen molar-refractivity contribution in [1.29, 1.82) is 0 Å². The minimum absolute atomic E-state index is 0.314. The first kappa shape index (κ1) is 10.0. The Labute approximate surface area is 75.4 Å². The van der Waals surface area contributed by atoms with Crippen LogP contribution in [0.5, 0.6) is 0 Å². The molecule has 2 N–H and O–H groups in total. The molecule has 0 aromatic heterocycles. The zero-order valence-corrected chi connectivity index (χ0v) is 8.05. The third kappa shape index (κ3) is 3.11. The quantitative estimate of drug-likeness (QED) is 0.629. The van der Waals surface area contributed by atoms with E-state index < -0.39 is 0 Å².